The highest BCUT2D eigenvalue weighted by molar-refractivity contribution is 6.22. The van der Waals surface area contributed by atoms with Gasteiger partial charge in [0.1, 0.15) is 11.5 Å². The Morgan fingerprint density at radius 3 is 2.17 bits per heavy atom. The van der Waals surface area contributed by atoms with E-state index in [0.29, 0.717) is 35.7 Å². The van der Waals surface area contributed by atoms with E-state index in [4.69, 9.17) is 9.47 Å². The second-order valence-corrected chi connectivity index (χ2v) is 9.23. The van der Waals surface area contributed by atoms with Crippen molar-refractivity contribution >= 4 is 35.1 Å². The molecule has 0 unspecified atom stereocenters. The quantitative estimate of drug-likeness (QED) is 0.285. The number of rotatable bonds is 5. The van der Waals surface area contributed by atoms with Crippen LogP contribution in [0.25, 0.3) is 0 Å². The summed E-state index contributed by atoms with van der Waals surface area (Å²) in [5, 5.41) is 0. The third-order valence-corrected chi connectivity index (χ3v) is 6.98. The van der Waals surface area contributed by atoms with Gasteiger partial charge in [0.15, 0.2) is 0 Å². The molecule has 0 N–H and O–H groups in total. The summed E-state index contributed by atoms with van der Waals surface area (Å²) in [6, 6.07) is 13.4. The van der Waals surface area contributed by atoms with Crippen LogP contribution in [0.15, 0.2) is 60.2 Å². The first-order valence-electron chi connectivity index (χ1n) is 11.7. The van der Waals surface area contributed by atoms with Gasteiger partial charge in [0.2, 0.25) is 17.7 Å². The zero-order chi connectivity index (χ0) is 24.7. The van der Waals surface area contributed by atoms with Gasteiger partial charge >= 0.3 is 5.97 Å². The second-order valence-electron chi connectivity index (χ2n) is 9.23. The average Bonchev–Trinajstić information content (AvgIpc) is 3.37. The number of esters is 1. The standard InChI is InChI=1S/C27H26N2O6/c1-16-3-12-22-23(13-16)26(32)29(25(22)31)19-6-10-21(11-7-19)35-27(33)17-14-24(30)28(15-17)18-4-8-20(34-2)9-5-18/h3-11,17,22-23H,12-15H2,1-2H3/t17-,22-,23+/m1/s1. The molecule has 5 rings (SSSR count). The minimum Gasteiger partial charge on any atom is -0.497 e. The Labute approximate surface area is 203 Å². The molecule has 0 radical (unpaired) electrons. The van der Waals surface area contributed by atoms with E-state index in [-0.39, 0.29) is 42.5 Å². The molecule has 8 nitrogen and oxygen atoms in total. The third kappa shape index (κ3) is 4.20. The van der Waals surface area contributed by atoms with Gasteiger partial charge in [-0.25, -0.2) is 0 Å². The Balaban J connectivity index is 1.23. The monoisotopic (exact) mass is 474 g/mol. The molecule has 180 valence electrons. The van der Waals surface area contributed by atoms with Gasteiger partial charge in [-0.3, -0.25) is 24.1 Å². The lowest BCUT2D eigenvalue weighted by molar-refractivity contribution is -0.139. The fourth-order valence-electron chi connectivity index (χ4n) is 5.03. The molecule has 3 amide bonds. The smallest absolute Gasteiger partial charge is 0.316 e. The van der Waals surface area contributed by atoms with Crippen LogP contribution in [0.1, 0.15) is 26.2 Å². The number of carbonyl (C=O) groups excluding carboxylic acids is 4. The Hall–Kier alpha value is -3.94. The normalized spacial score (nSPS) is 23.9. The molecule has 3 atom stereocenters. The molecule has 2 aromatic carbocycles. The summed E-state index contributed by atoms with van der Waals surface area (Å²) in [4.78, 5) is 53.8. The van der Waals surface area contributed by atoms with Crippen molar-refractivity contribution in [2.45, 2.75) is 26.2 Å². The molecular formula is C27H26N2O6. The topological polar surface area (TPSA) is 93.2 Å². The van der Waals surface area contributed by atoms with Crippen LogP contribution < -0.4 is 19.3 Å². The van der Waals surface area contributed by atoms with E-state index in [0.717, 1.165) is 5.57 Å². The summed E-state index contributed by atoms with van der Waals surface area (Å²) >= 11 is 0. The van der Waals surface area contributed by atoms with Crippen LogP contribution in [-0.2, 0) is 19.2 Å². The zero-order valence-electron chi connectivity index (χ0n) is 19.6. The minimum atomic E-state index is -0.593. The average molecular weight is 475 g/mol. The zero-order valence-corrected chi connectivity index (χ0v) is 19.6. The van der Waals surface area contributed by atoms with Crippen LogP contribution in [-0.4, -0.2) is 37.3 Å². The van der Waals surface area contributed by atoms with Crippen molar-refractivity contribution in [1.29, 1.82) is 0 Å². The lowest BCUT2D eigenvalue weighted by Crippen LogP contribution is -2.30. The van der Waals surface area contributed by atoms with Gasteiger partial charge < -0.3 is 14.4 Å². The predicted octanol–water partition coefficient (Wildman–Crippen LogP) is 3.50. The number of allylic oxidation sites excluding steroid dienone is 2. The van der Waals surface area contributed by atoms with Gasteiger partial charge in [-0.1, -0.05) is 11.6 Å². The van der Waals surface area contributed by atoms with E-state index < -0.39 is 11.9 Å². The highest BCUT2D eigenvalue weighted by Crippen LogP contribution is 2.40. The highest BCUT2D eigenvalue weighted by atomic mass is 16.5. The van der Waals surface area contributed by atoms with Gasteiger partial charge in [-0.2, -0.15) is 0 Å². The fourth-order valence-corrected chi connectivity index (χ4v) is 5.03. The maximum absolute atomic E-state index is 12.9. The van der Waals surface area contributed by atoms with Crippen LogP contribution in [0.5, 0.6) is 11.5 Å². The number of methoxy groups -OCH3 is 1. The lowest BCUT2D eigenvalue weighted by Gasteiger charge is -2.18. The fraction of sp³-hybridized carbons (Fsp3) is 0.333. The Kier molecular flexibility index (Phi) is 5.88. The molecule has 2 fully saturated rings. The van der Waals surface area contributed by atoms with Crippen LogP contribution in [0.2, 0.25) is 0 Å². The summed E-state index contributed by atoms with van der Waals surface area (Å²) in [6.07, 6.45) is 3.29. The molecular weight excluding hydrogens is 448 g/mol. The largest absolute Gasteiger partial charge is 0.497 e. The summed E-state index contributed by atoms with van der Waals surface area (Å²) in [6.45, 7) is 2.21. The molecule has 0 aromatic heterocycles. The van der Waals surface area contributed by atoms with E-state index in [9.17, 15) is 19.2 Å². The predicted molar refractivity (Wildman–Crippen MR) is 128 cm³/mol. The number of anilines is 2. The third-order valence-electron chi connectivity index (χ3n) is 6.98. The van der Waals surface area contributed by atoms with E-state index >= 15 is 0 Å². The van der Waals surface area contributed by atoms with Crippen molar-refractivity contribution in [2.75, 3.05) is 23.5 Å². The molecule has 2 aromatic rings. The van der Waals surface area contributed by atoms with Crippen molar-refractivity contribution in [3.05, 3.63) is 60.2 Å². The number of nitrogens with zero attached hydrogens (tertiary/aromatic N) is 2. The summed E-state index contributed by atoms with van der Waals surface area (Å²) < 4.78 is 10.7. The van der Waals surface area contributed by atoms with Gasteiger partial charge in [0, 0.05) is 18.7 Å². The van der Waals surface area contributed by atoms with Crippen molar-refractivity contribution < 1.29 is 28.7 Å². The molecule has 0 saturated carbocycles. The number of imide groups is 1. The molecule has 3 aliphatic rings. The molecule has 2 saturated heterocycles. The summed E-state index contributed by atoms with van der Waals surface area (Å²) in [7, 11) is 1.57. The SMILES string of the molecule is COc1ccc(N2C[C@H](C(=O)Oc3ccc(N4C(=O)[C@H]5CC(C)=CC[C@H]5C4=O)cc3)CC2=O)cc1. The first-order valence-corrected chi connectivity index (χ1v) is 11.7. The number of carbonyl (C=O) groups is 4. The highest BCUT2D eigenvalue weighted by Gasteiger charge is 2.48. The first kappa shape index (κ1) is 22.8. The Morgan fingerprint density at radius 1 is 0.857 bits per heavy atom. The minimum absolute atomic E-state index is 0.0654. The Bertz CT molecular complexity index is 1220. The Morgan fingerprint density at radius 2 is 1.49 bits per heavy atom. The van der Waals surface area contributed by atoms with Gasteiger partial charge in [-0.05, 0) is 68.3 Å². The van der Waals surface area contributed by atoms with Crippen LogP contribution in [0.3, 0.4) is 0 Å². The van der Waals surface area contributed by atoms with E-state index in [1.807, 2.05) is 13.0 Å². The van der Waals surface area contributed by atoms with E-state index in [1.165, 1.54) is 4.90 Å². The molecule has 2 heterocycles. The lowest BCUT2D eigenvalue weighted by atomic mass is 9.82. The number of benzene rings is 2. The number of hydrogen-bond acceptors (Lipinski definition) is 6. The van der Waals surface area contributed by atoms with Gasteiger partial charge in [0.05, 0.1) is 30.6 Å². The molecule has 2 aliphatic heterocycles. The van der Waals surface area contributed by atoms with Gasteiger partial charge in [-0.15, -0.1) is 0 Å². The molecule has 0 spiro atoms. The second kappa shape index (κ2) is 9.02. The number of amides is 3. The molecule has 8 heteroatoms. The molecule has 35 heavy (non-hydrogen) atoms. The maximum Gasteiger partial charge on any atom is 0.316 e. The molecule has 0 bridgehead atoms. The van der Waals surface area contributed by atoms with Crippen molar-refractivity contribution in [3.8, 4) is 11.5 Å². The number of ether oxygens (including phenoxy) is 2. The van der Waals surface area contributed by atoms with E-state index in [2.05, 4.69) is 0 Å². The van der Waals surface area contributed by atoms with Crippen molar-refractivity contribution in [3.63, 3.8) is 0 Å². The van der Waals surface area contributed by atoms with E-state index in [1.54, 1.807) is 60.5 Å². The van der Waals surface area contributed by atoms with Crippen LogP contribution in [0.4, 0.5) is 11.4 Å². The number of fused-ring (bicyclic) bond motifs is 1. The van der Waals surface area contributed by atoms with Gasteiger partial charge in [0.25, 0.3) is 0 Å². The summed E-state index contributed by atoms with van der Waals surface area (Å²) in [5.41, 5.74) is 2.29. The number of hydrogen-bond donors (Lipinski definition) is 0. The first-order chi connectivity index (χ1) is 16.9. The van der Waals surface area contributed by atoms with Crippen molar-refractivity contribution in [2.24, 2.45) is 17.8 Å². The van der Waals surface area contributed by atoms with Crippen molar-refractivity contribution in [1.82, 2.24) is 0 Å². The van der Waals surface area contributed by atoms with Crippen LogP contribution in [0, 0.1) is 17.8 Å². The summed E-state index contributed by atoms with van der Waals surface area (Å²) in [5.74, 6) is -1.24. The maximum atomic E-state index is 12.9. The molecule has 1 aliphatic carbocycles. The van der Waals surface area contributed by atoms with Crippen LogP contribution >= 0.6 is 0 Å².